The number of nitrogens with zero attached hydrogens (tertiary/aromatic N) is 2. The highest BCUT2D eigenvalue weighted by Gasteiger charge is 2.40. The minimum atomic E-state index is -4.02. The lowest BCUT2D eigenvalue weighted by Crippen LogP contribution is -2.59. The number of imidazole rings is 1. The van der Waals surface area contributed by atoms with E-state index in [-0.39, 0.29) is 5.54 Å². The number of carboxylic acid groups (broad SMARTS) is 1. The van der Waals surface area contributed by atoms with Crippen LogP contribution in [0.5, 0.6) is 0 Å². The van der Waals surface area contributed by atoms with Crippen LogP contribution in [0.1, 0.15) is 20.8 Å². The van der Waals surface area contributed by atoms with Gasteiger partial charge in [0.2, 0.25) is 6.33 Å². The first-order valence-electron chi connectivity index (χ1n) is 4.35. The quantitative estimate of drug-likeness (QED) is 0.647. The molecule has 0 unspecified atom stereocenters. The van der Waals surface area contributed by atoms with Crippen LogP contribution in [-0.4, -0.2) is 10.5 Å². The second-order valence-corrected chi connectivity index (χ2v) is 4.23. The molecule has 1 aromatic rings. The van der Waals surface area contributed by atoms with Gasteiger partial charge in [-0.2, -0.15) is 13.3 Å². The number of halogens is 2. The lowest BCUT2D eigenvalue weighted by atomic mass is 10.1. The van der Waals surface area contributed by atoms with Crippen LogP contribution in [0.3, 0.4) is 0 Å². The number of hydrogen-bond acceptors (Lipinski definition) is 2. The van der Waals surface area contributed by atoms with E-state index in [1.807, 2.05) is 20.8 Å². The molecule has 84 valence electrons. The zero-order valence-corrected chi connectivity index (χ0v) is 8.70. The number of carbonyl (C=O) groups is 1. The van der Waals surface area contributed by atoms with Crippen LogP contribution in [0.4, 0.5) is 8.78 Å². The van der Waals surface area contributed by atoms with Gasteiger partial charge in [-0.25, -0.2) is 4.57 Å². The third kappa shape index (κ3) is 2.14. The number of carbonyl (C=O) groups excluding carboxylic acids is 1. The van der Waals surface area contributed by atoms with Crippen molar-refractivity contribution in [3.8, 4) is 0 Å². The smallest absolute Gasteiger partial charge is 0.439 e. The molecule has 0 amide bonds. The molecular formula is C9H12F2N2O2. The van der Waals surface area contributed by atoms with Crippen LogP contribution in [0, 0.1) is 0 Å². The van der Waals surface area contributed by atoms with Crippen molar-refractivity contribution < 1.29 is 23.2 Å². The Balaban J connectivity index is 3.10. The van der Waals surface area contributed by atoms with E-state index >= 15 is 0 Å². The third-order valence-corrected chi connectivity index (χ3v) is 1.98. The molecule has 0 aromatic carbocycles. The molecule has 1 heterocycles. The number of rotatable bonds is 2. The van der Waals surface area contributed by atoms with Gasteiger partial charge in [0.15, 0.2) is 5.97 Å². The van der Waals surface area contributed by atoms with Gasteiger partial charge in [0.25, 0.3) is 0 Å². The van der Waals surface area contributed by atoms with Crippen LogP contribution < -0.4 is 9.67 Å². The van der Waals surface area contributed by atoms with Gasteiger partial charge in [-0.3, -0.25) is 0 Å². The molecule has 0 aliphatic rings. The largest absolute Gasteiger partial charge is 0.541 e. The van der Waals surface area contributed by atoms with Crippen molar-refractivity contribution >= 4 is 5.97 Å². The van der Waals surface area contributed by atoms with E-state index in [1.165, 1.54) is 10.8 Å². The molecule has 0 saturated carbocycles. The van der Waals surface area contributed by atoms with Gasteiger partial charge in [0, 0.05) is 0 Å². The van der Waals surface area contributed by atoms with E-state index in [2.05, 4.69) is 0 Å². The van der Waals surface area contributed by atoms with Gasteiger partial charge in [-0.05, 0) is 20.8 Å². The average Bonchev–Trinajstić information content (AvgIpc) is 2.50. The summed E-state index contributed by atoms with van der Waals surface area (Å²) >= 11 is 0. The molecule has 0 N–H and O–H groups in total. The van der Waals surface area contributed by atoms with Crippen molar-refractivity contribution in [2.24, 2.45) is 0 Å². The fourth-order valence-electron chi connectivity index (χ4n) is 1.02. The third-order valence-electron chi connectivity index (χ3n) is 1.98. The van der Waals surface area contributed by atoms with Crippen LogP contribution in [-0.2, 0) is 16.4 Å². The predicted octanol–water partition coefficient (Wildman–Crippen LogP) is -0.170. The average molecular weight is 218 g/mol. The SMILES string of the molecule is CC(C)(C)n1cc[n+](C(F)(F)C(=O)[O-])c1. The topological polar surface area (TPSA) is 48.9 Å². The highest BCUT2D eigenvalue weighted by atomic mass is 19.3. The Morgan fingerprint density at radius 1 is 1.40 bits per heavy atom. The maximum absolute atomic E-state index is 13.0. The van der Waals surface area contributed by atoms with Crippen molar-refractivity contribution in [1.82, 2.24) is 4.57 Å². The lowest BCUT2D eigenvalue weighted by molar-refractivity contribution is -0.811. The first kappa shape index (κ1) is 11.6. The number of aromatic nitrogens is 2. The minimum absolute atomic E-state index is 0.313. The Morgan fingerprint density at radius 2 is 1.93 bits per heavy atom. The predicted molar refractivity (Wildman–Crippen MR) is 44.8 cm³/mol. The number of hydrogen-bond donors (Lipinski definition) is 0. The van der Waals surface area contributed by atoms with Crippen molar-refractivity contribution in [3.63, 3.8) is 0 Å². The second kappa shape index (κ2) is 3.29. The van der Waals surface area contributed by atoms with Crippen LogP contribution in [0.25, 0.3) is 0 Å². The molecule has 0 aliphatic heterocycles. The van der Waals surface area contributed by atoms with E-state index < -0.39 is 12.0 Å². The summed E-state index contributed by atoms with van der Waals surface area (Å²) in [4.78, 5) is 10.2. The molecule has 4 nitrogen and oxygen atoms in total. The Hall–Kier alpha value is -1.46. The summed E-state index contributed by atoms with van der Waals surface area (Å²) in [5.41, 5.74) is -0.382. The van der Waals surface area contributed by atoms with E-state index in [4.69, 9.17) is 0 Å². The Labute approximate surface area is 85.8 Å². The summed E-state index contributed by atoms with van der Waals surface area (Å²) in [7, 11) is 0. The fraction of sp³-hybridized carbons (Fsp3) is 0.556. The maximum Gasteiger partial charge on any atom is 0.439 e. The Kier molecular flexibility index (Phi) is 2.54. The van der Waals surface area contributed by atoms with E-state index in [0.717, 1.165) is 12.5 Å². The normalized spacial score (nSPS) is 12.9. The van der Waals surface area contributed by atoms with Crippen LogP contribution >= 0.6 is 0 Å². The highest BCUT2D eigenvalue weighted by Crippen LogP contribution is 2.15. The van der Waals surface area contributed by atoms with Crippen molar-refractivity contribution in [3.05, 3.63) is 18.7 Å². The minimum Gasteiger partial charge on any atom is -0.541 e. The molecule has 6 heteroatoms. The van der Waals surface area contributed by atoms with Gasteiger partial charge in [-0.1, -0.05) is 0 Å². The molecule has 1 rings (SSSR count). The van der Waals surface area contributed by atoms with Crippen molar-refractivity contribution in [1.29, 1.82) is 0 Å². The molecular weight excluding hydrogens is 206 g/mol. The summed E-state index contributed by atoms with van der Waals surface area (Å²) in [5, 5.41) is 10.2. The van der Waals surface area contributed by atoms with Crippen LogP contribution in [0.2, 0.25) is 0 Å². The van der Waals surface area contributed by atoms with Gasteiger partial charge in [0.1, 0.15) is 17.9 Å². The van der Waals surface area contributed by atoms with Gasteiger partial charge >= 0.3 is 6.05 Å². The number of carboxylic acids is 1. The first-order valence-corrected chi connectivity index (χ1v) is 4.35. The molecule has 0 radical (unpaired) electrons. The molecule has 0 saturated heterocycles. The summed E-state index contributed by atoms with van der Waals surface area (Å²) < 4.78 is 27.7. The zero-order chi connectivity index (χ0) is 11.9. The summed E-state index contributed by atoms with van der Waals surface area (Å²) in [6, 6.07) is -4.02. The second-order valence-electron chi connectivity index (χ2n) is 4.23. The molecule has 0 fully saturated rings. The fourth-order valence-corrected chi connectivity index (χ4v) is 1.02. The number of aliphatic carboxylic acids is 1. The molecule has 1 aromatic heterocycles. The van der Waals surface area contributed by atoms with E-state index in [0.29, 0.717) is 4.57 Å². The maximum atomic E-state index is 13.0. The van der Waals surface area contributed by atoms with E-state index in [9.17, 15) is 18.7 Å². The molecule has 0 bridgehead atoms. The van der Waals surface area contributed by atoms with Crippen molar-refractivity contribution in [2.45, 2.75) is 32.4 Å². The zero-order valence-electron chi connectivity index (χ0n) is 8.70. The Morgan fingerprint density at radius 3 is 2.27 bits per heavy atom. The van der Waals surface area contributed by atoms with Gasteiger partial charge < -0.3 is 9.90 Å². The standard InChI is InChI=1S/C9H12F2N2O2/c1-8(2,3)12-4-5-13(6-12)9(10,11)7(14)15/h4-6H,1-3H3. The van der Waals surface area contributed by atoms with Crippen LogP contribution in [0.15, 0.2) is 18.7 Å². The number of alkyl halides is 2. The highest BCUT2D eigenvalue weighted by molar-refractivity contribution is 5.68. The van der Waals surface area contributed by atoms with Gasteiger partial charge in [0.05, 0.1) is 0 Å². The molecule has 15 heavy (non-hydrogen) atoms. The lowest BCUT2D eigenvalue weighted by Gasteiger charge is -2.15. The van der Waals surface area contributed by atoms with Crippen molar-refractivity contribution in [2.75, 3.05) is 0 Å². The first-order chi connectivity index (χ1) is 6.65. The summed E-state index contributed by atoms with van der Waals surface area (Å²) in [6.45, 7) is 5.44. The monoisotopic (exact) mass is 218 g/mol. The molecule has 0 atom stereocenters. The molecule has 0 aliphatic carbocycles. The summed E-state index contributed by atoms with van der Waals surface area (Å²) in [5.74, 6) is -2.42. The molecule has 0 spiro atoms. The Bertz CT molecular complexity index is 380. The van der Waals surface area contributed by atoms with Gasteiger partial charge in [-0.15, -0.1) is 0 Å². The summed E-state index contributed by atoms with van der Waals surface area (Å²) in [6.07, 6.45) is 3.42. The van der Waals surface area contributed by atoms with E-state index in [1.54, 1.807) is 0 Å².